The highest BCUT2D eigenvalue weighted by atomic mass is 35.5. The van der Waals surface area contributed by atoms with Crippen LogP contribution in [0.3, 0.4) is 0 Å². The van der Waals surface area contributed by atoms with Gasteiger partial charge in [0.2, 0.25) is 0 Å². The lowest BCUT2D eigenvalue weighted by Gasteiger charge is -2.11. The number of nitrogens with one attached hydrogen (secondary N) is 1. The van der Waals surface area contributed by atoms with E-state index in [1.807, 2.05) is 18.2 Å². The molecule has 3 rings (SSSR count). The van der Waals surface area contributed by atoms with E-state index in [-0.39, 0.29) is 12.2 Å². The van der Waals surface area contributed by atoms with Crippen LogP contribution in [0.25, 0.3) is 6.08 Å². The first-order valence-corrected chi connectivity index (χ1v) is 9.85. The second-order valence-electron chi connectivity index (χ2n) is 6.35. The fourth-order valence-corrected chi connectivity index (χ4v) is 3.02. The third-order valence-corrected chi connectivity index (χ3v) is 5.02. The van der Waals surface area contributed by atoms with E-state index >= 15 is 0 Å². The normalized spacial score (nSPS) is 10.6. The summed E-state index contributed by atoms with van der Waals surface area (Å²) in [4.78, 5) is 12.6. The molecule has 0 aromatic heterocycles. The fourth-order valence-electron chi connectivity index (χ4n) is 2.72. The van der Waals surface area contributed by atoms with E-state index in [2.05, 4.69) is 11.4 Å². The van der Waals surface area contributed by atoms with E-state index < -0.39 is 5.91 Å². The second-order valence-corrected chi connectivity index (χ2v) is 7.16. The van der Waals surface area contributed by atoms with Gasteiger partial charge in [0.15, 0.2) is 0 Å². The molecule has 0 bridgehead atoms. The van der Waals surface area contributed by atoms with Gasteiger partial charge in [-0.2, -0.15) is 10.5 Å². The minimum Gasteiger partial charge on any atom is -0.488 e. The number of ether oxygens (including phenoxy) is 1. The molecule has 7 heteroatoms. The lowest BCUT2D eigenvalue weighted by atomic mass is 10.1. The topological polar surface area (TPSA) is 85.9 Å². The highest BCUT2D eigenvalue weighted by Crippen LogP contribution is 2.26. The van der Waals surface area contributed by atoms with Crippen LogP contribution in [-0.4, -0.2) is 5.91 Å². The van der Waals surface area contributed by atoms with Crippen LogP contribution < -0.4 is 10.1 Å². The highest BCUT2D eigenvalue weighted by Gasteiger charge is 2.12. The van der Waals surface area contributed by atoms with Crippen molar-refractivity contribution in [1.82, 2.24) is 0 Å². The first-order chi connectivity index (χ1) is 15.0. The molecule has 0 heterocycles. The summed E-state index contributed by atoms with van der Waals surface area (Å²) in [5, 5.41) is 22.0. The summed E-state index contributed by atoms with van der Waals surface area (Å²) in [6.07, 6.45) is 1.44. The molecular formula is C24H15Cl2N3O2. The largest absolute Gasteiger partial charge is 0.488 e. The number of benzene rings is 3. The van der Waals surface area contributed by atoms with Crippen LogP contribution in [0.4, 0.5) is 5.69 Å². The molecule has 0 atom stereocenters. The van der Waals surface area contributed by atoms with Crippen molar-refractivity contribution in [1.29, 1.82) is 10.5 Å². The summed E-state index contributed by atoms with van der Waals surface area (Å²) in [7, 11) is 0. The Balaban J connectivity index is 1.81. The van der Waals surface area contributed by atoms with E-state index in [9.17, 15) is 15.3 Å². The lowest BCUT2D eigenvalue weighted by Crippen LogP contribution is -2.13. The monoisotopic (exact) mass is 447 g/mol. The zero-order valence-electron chi connectivity index (χ0n) is 16.1. The Bertz CT molecular complexity index is 1240. The minimum absolute atomic E-state index is 0.112. The molecule has 0 saturated heterocycles. The number of halogens is 2. The van der Waals surface area contributed by atoms with Crippen molar-refractivity contribution < 1.29 is 9.53 Å². The Kier molecular flexibility index (Phi) is 7.30. The molecule has 31 heavy (non-hydrogen) atoms. The molecule has 0 unspecified atom stereocenters. The van der Waals surface area contributed by atoms with Gasteiger partial charge in [-0.05, 0) is 36.4 Å². The van der Waals surface area contributed by atoms with Gasteiger partial charge in [0.1, 0.15) is 24.0 Å². The number of carbonyl (C=O) groups is 1. The quantitative estimate of drug-likeness (QED) is 0.371. The van der Waals surface area contributed by atoms with Gasteiger partial charge in [-0.3, -0.25) is 4.79 Å². The molecule has 1 amide bonds. The maximum atomic E-state index is 12.6. The molecule has 0 saturated carbocycles. The smallest absolute Gasteiger partial charge is 0.266 e. The molecule has 0 spiro atoms. The Hall–Kier alpha value is -3.77. The van der Waals surface area contributed by atoms with E-state index in [0.29, 0.717) is 32.6 Å². The average Bonchev–Trinajstić information content (AvgIpc) is 2.79. The van der Waals surface area contributed by atoms with Crippen molar-refractivity contribution in [3.05, 3.63) is 99.0 Å². The Morgan fingerprint density at radius 2 is 1.74 bits per heavy atom. The molecule has 3 aromatic carbocycles. The average molecular weight is 448 g/mol. The molecule has 1 N–H and O–H groups in total. The van der Waals surface area contributed by atoms with Crippen molar-refractivity contribution in [2.24, 2.45) is 0 Å². The molecule has 0 radical (unpaired) electrons. The number of rotatable bonds is 6. The summed E-state index contributed by atoms with van der Waals surface area (Å²) in [6, 6.07) is 22.8. The number of amides is 1. The molecule has 152 valence electrons. The van der Waals surface area contributed by atoms with Crippen LogP contribution in [-0.2, 0) is 11.4 Å². The standard InChI is InChI=1S/C24H15Cl2N3O2/c25-21-10-9-20(12-22(21)26)29-24(30)19(14-28)11-16-5-3-4-8-23(16)31-15-18-7-2-1-6-17(18)13-27/h1-12H,15H2,(H,29,30)/b19-11+. The summed E-state index contributed by atoms with van der Waals surface area (Å²) in [6.45, 7) is 0.173. The second kappa shape index (κ2) is 10.3. The van der Waals surface area contributed by atoms with Crippen LogP contribution in [0.5, 0.6) is 5.75 Å². The Labute approximate surface area is 189 Å². The van der Waals surface area contributed by atoms with Crippen LogP contribution in [0.1, 0.15) is 16.7 Å². The van der Waals surface area contributed by atoms with Crippen molar-refractivity contribution in [2.45, 2.75) is 6.61 Å². The minimum atomic E-state index is -0.592. The first kappa shape index (κ1) is 21.9. The summed E-state index contributed by atoms with van der Waals surface area (Å²) in [5.41, 5.74) is 2.12. The van der Waals surface area contributed by atoms with Crippen molar-refractivity contribution >= 4 is 40.9 Å². The van der Waals surface area contributed by atoms with Gasteiger partial charge >= 0.3 is 0 Å². The zero-order chi connectivity index (χ0) is 22.2. The molecule has 0 aliphatic heterocycles. The third-order valence-electron chi connectivity index (χ3n) is 4.28. The highest BCUT2D eigenvalue weighted by molar-refractivity contribution is 6.42. The predicted molar refractivity (Wildman–Crippen MR) is 121 cm³/mol. The van der Waals surface area contributed by atoms with Gasteiger partial charge in [-0.15, -0.1) is 0 Å². The van der Waals surface area contributed by atoms with Gasteiger partial charge in [0.25, 0.3) is 5.91 Å². The van der Waals surface area contributed by atoms with Crippen LogP contribution in [0.15, 0.2) is 72.3 Å². The molecular weight excluding hydrogens is 433 g/mol. The van der Waals surface area contributed by atoms with Gasteiger partial charge in [-0.25, -0.2) is 0 Å². The van der Waals surface area contributed by atoms with E-state index in [4.69, 9.17) is 27.9 Å². The Morgan fingerprint density at radius 1 is 1.00 bits per heavy atom. The number of nitrogens with zero attached hydrogens (tertiary/aromatic N) is 2. The number of para-hydroxylation sites is 1. The van der Waals surface area contributed by atoms with Crippen molar-refractivity contribution in [3.8, 4) is 17.9 Å². The zero-order valence-corrected chi connectivity index (χ0v) is 17.6. The first-order valence-electron chi connectivity index (χ1n) is 9.10. The lowest BCUT2D eigenvalue weighted by molar-refractivity contribution is -0.112. The Morgan fingerprint density at radius 3 is 2.48 bits per heavy atom. The molecule has 0 aliphatic rings. The summed E-state index contributed by atoms with van der Waals surface area (Å²) in [5.74, 6) is -0.115. The SMILES string of the molecule is N#C/C(=C\c1ccccc1OCc1ccccc1C#N)C(=O)Nc1ccc(Cl)c(Cl)c1. The van der Waals surface area contributed by atoms with E-state index in [1.54, 1.807) is 48.5 Å². The molecule has 3 aromatic rings. The molecule has 5 nitrogen and oxygen atoms in total. The predicted octanol–water partition coefficient (Wildman–Crippen LogP) is 5.99. The molecule has 0 aliphatic carbocycles. The van der Waals surface area contributed by atoms with Crippen LogP contribution in [0, 0.1) is 22.7 Å². The van der Waals surface area contributed by atoms with Crippen LogP contribution >= 0.6 is 23.2 Å². The van der Waals surface area contributed by atoms with Crippen molar-refractivity contribution in [3.63, 3.8) is 0 Å². The number of nitriles is 2. The number of carbonyl (C=O) groups excluding carboxylic acids is 1. The van der Waals surface area contributed by atoms with Gasteiger partial charge < -0.3 is 10.1 Å². The maximum absolute atomic E-state index is 12.6. The number of hydrogen-bond donors (Lipinski definition) is 1. The van der Waals surface area contributed by atoms with Gasteiger partial charge in [0, 0.05) is 16.8 Å². The fraction of sp³-hybridized carbons (Fsp3) is 0.0417. The number of anilines is 1. The third kappa shape index (κ3) is 5.65. The van der Waals surface area contributed by atoms with E-state index in [1.165, 1.54) is 12.1 Å². The summed E-state index contributed by atoms with van der Waals surface area (Å²) < 4.78 is 5.87. The maximum Gasteiger partial charge on any atom is 0.266 e. The van der Waals surface area contributed by atoms with Crippen LogP contribution in [0.2, 0.25) is 10.0 Å². The van der Waals surface area contributed by atoms with E-state index in [0.717, 1.165) is 5.56 Å². The number of hydrogen-bond acceptors (Lipinski definition) is 4. The summed E-state index contributed by atoms with van der Waals surface area (Å²) >= 11 is 11.9. The van der Waals surface area contributed by atoms with Crippen molar-refractivity contribution in [2.75, 3.05) is 5.32 Å². The molecule has 0 fully saturated rings. The van der Waals surface area contributed by atoms with Gasteiger partial charge in [0.05, 0.1) is 21.7 Å². The van der Waals surface area contributed by atoms with Gasteiger partial charge in [-0.1, -0.05) is 59.6 Å².